The first-order valence-electron chi connectivity index (χ1n) is 5.99. The van der Waals surface area contributed by atoms with Gasteiger partial charge < -0.3 is 4.90 Å². The molecule has 1 aliphatic rings. The predicted octanol–water partition coefficient (Wildman–Crippen LogP) is 5.09. The topological polar surface area (TPSA) is 15.6 Å². The van der Waals surface area contributed by atoms with Gasteiger partial charge in [0.1, 0.15) is 0 Å². The Morgan fingerprint density at radius 3 is 2.95 bits per heavy atom. The van der Waals surface area contributed by atoms with E-state index in [1.807, 2.05) is 36.7 Å². The van der Waals surface area contributed by atoms with Gasteiger partial charge in [-0.15, -0.1) is 0 Å². The van der Waals surface area contributed by atoms with Crippen LogP contribution < -0.4 is 4.90 Å². The zero-order valence-electron chi connectivity index (χ0n) is 10.4. The van der Waals surface area contributed by atoms with E-state index in [4.69, 9.17) is 11.6 Å². The van der Waals surface area contributed by atoms with E-state index in [-0.39, 0.29) is 0 Å². The molecule has 3 rings (SSSR count). The first kappa shape index (κ1) is 12.7. The number of hydrogen-bond donors (Lipinski definition) is 0. The lowest BCUT2D eigenvalue weighted by Gasteiger charge is -2.26. The van der Waals surface area contributed by atoms with Crippen molar-refractivity contribution in [2.45, 2.75) is 13.5 Å². The summed E-state index contributed by atoms with van der Waals surface area (Å²) in [5, 5.41) is 0.752. The second-order valence-electron chi connectivity index (χ2n) is 4.53. The lowest BCUT2D eigenvalue weighted by Crippen LogP contribution is -2.24. The van der Waals surface area contributed by atoms with Gasteiger partial charge in [0, 0.05) is 15.2 Å². The number of rotatable bonds is 1. The maximum atomic E-state index is 6.05. The number of benzene rings is 2. The molecule has 0 bridgehead atoms. The summed E-state index contributed by atoms with van der Waals surface area (Å²) in [6.45, 7) is 2.89. The van der Waals surface area contributed by atoms with Gasteiger partial charge in [0.15, 0.2) is 0 Å². The minimum atomic E-state index is 0.752. The Balaban J connectivity index is 2.00. The third-order valence-electron chi connectivity index (χ3n) is 3.27. The predicted molar refractivity (Wildman–Crippen MR) is 84.7 cm³/mol. The monoisotopic (exact) mass is 334 g/mol. The minimum absolute atomic E-state index is 0.752. The Labute approximate surface area is 125 Å². The molecular formula is C15H12BrClN2. The number of hydrogen-bond acceptors (Lipinski definition) is 2. The zero-order chi connectivity index (χ0) is 13.4. The molecule has 4 heteroatoms. The summed E-state index contributed by atoms with van der Waals surface area (Å²) in [5.41, 5.74) is 4.51. The molecule has 0 N–H and O–H groups in total. The summed E-state index contributed by atoms with van der Waals surface area (Å²) in [6.07, 6.45) is 1.88. The van der Waals surface area contributed by atoms with Gasteiger partial charge in [-0.25, -0.2) is 4.99 Å². The highest BCUT2D eigenvalue weighted by Gasteiger charge is 2.15. The lowest BCUT2D eigenvalue weighted by molar-refractivity contribution is 0.989. The Hall–Kier alpha value is -1.32. The van der Waals surface area contributed by atoms with E-state index in [2.05, 4.69) is 38.8 Å². The van der Waals surface area contributed by atoms with Crippen LogP contribution in [-0.4, -0.2) is 6.34 Å². The Kier molecular flexibility index (Phi) is 3.33. The number of anilines is 1. The standard InChI is InChI=1S/C15H12BrClN2/c1-10-13(16)3-2-4-15(10)19-8-11-7-12(17)5-6-14(11)18-9-19/h2-7,9H,8H2,1H3. The quantitative estimate of drug-likeness (QED) is 0.708. The molecule has 2 aromatic carbocycles. The van der Waals surface area contributed by atoms with Crippen LogP contribution in [0.2, 0.25) is 5.02 Å². The fraction of sp³-hybridized carbons (Fsp3) is 0.133. The smallest absolute Gasteiger partial charge is 0.0960 e. The van der Waals surface area contributed by atoms with Crippen LogP contribution >= 0.6 is 27.5 Å². The van der Waals surface area contributed by atoms with E-state index in [0.717, 1.165) is 33.0 Å². The summed E-state index contributed by atoms with van der Waals surface area (Å²) in [6, 6.07) is 12.0. The van der Waals surface area contributed by atoms with Crippen molar-refractivity contribution < 1.29 is 0 Å². The summed E-state index contributed by atoms with van der Waals surface area (Å²) in [4.78, 5) is 6.63. The van der Waals surface area contributed by atoms with E-state index >= 15 is 0 Å². The molecule has 0 amide bonds. The van der Waals surface area contributed by atoms with Crippen molar-refractivity contribution in [3.63, 3.8) is 0 Å². The van der Waals surface area contributed by atoms with Crippen LogP contribution in [0.5, 0.6) is 0 Å². The van der Waals surface area contributed by atoms with Crippen molar-refractivity contribution >= 4 is 45.2 Å². The number of aliphatic imine (C=N–C) groups is 1. The van der Waals surface area contributed by atoms with Crippen LogP contribution in [0.4, 0.5) is 11.4 Å². The first-order chi connectivity index (χ1) is 9.15. The molecule has 0 spiro atoms. The van der Waals surface area contributed by atoms with Gasteiger partial charge in [0.05, 0.1) is 18.6 Å². The molecular weight excluding hydrogens is 324 g/mol. The van der Waals surface area contributed by atoms with Gasteiger partial charge in [-0.3, -0.25) is 0 Å². The lowest BCUT2D eigenvalue weighted by atomic mass is 10.1. The van der Waals surface area contributed by atoms with E-state index in [1.165, 1.54) is 5.56 Å². The maximum absolute atomic E-state index is 6.05. The summed E-state index contributed by atoms with van der Waals surface area (Å²) in [7, 11) is 0. The summed E-state index contributed by atoms with van der Waals surface area (Å²) < 4.78 is 1.11. The second-order valence-corrected chi connectivity index (χ2v) is 5.82. The molecule has 2 aromatic rings. The van der Waals surface area contributed by atoms with Gasteiger partial charge in [0.2, 0.25) is 0 Å². The molecule has 0 radical (unpaired) electrons. The van der Waals surface area contributed by atoms with Crippen molar-refractivity contribution in [2.75, 3.05) is 4.90 Å². The van der Waals surface area contributed by atoms with Crippen LogP contribution in [0, 0.1) is 6.92 Å². The van der Waals surface area contributed by atoms with Crippen LogP contribution in [0.3, 0.4) is 0 Å². The van der Waals surface area contributed by atoms with Crippen molar-refractivity contribution in [1.82, 2.24) is 0 Å². The fourth-order valence-corrected chi connectivity index (χ4v) is 2.77. The Morgan fingerprint density at radius 1 is 1.26 bits per heavy atom. The molecule has 96 valence electrons. The van der Waals surface area contributed by atoms with Crippen molar-refractivity contribution in [3.05, 3.63) is 57.0 Å². The zero-order valence-corrected chi connectivity index (χ0v) is 12.7. The molecule has 19 heavy (non-hydrogen) atoms. The number of fused-ring (bicyclic) bond motifs is 1. The molecule has 0 fully saturated rings. The van der Waals surface area contributed by atoms with Crippen LogP contribution in [0.15, 0.2) is 45.9 Å². The van der Waals surface area contributed by atoms with Crippen molar-refractivity contribution in [1.29, 1.82) is 0 Å². The third kappa shape index (κ3) is 2.40. The van der Waals surface area contributed by atoms with Gasteiger partial charge in [-0.1, -0.05) is 33.6 Å². The normalized spacial score (nSPS) is 13.5. The SMILES string of the molecule is Cc1c(Br)cccc1N1C=Nc2ccc(Cl)cc2C1. The molecule has 0 saturated carbocycles. The molecule has 0 aliphatic carbocycles. The van der Waals surface area contributed by atoms with E-state index in [0.29, 0.717) is 0 Å². The highest BCUT2D eigenvalue weighted by atomic mass is 79.9. The average Bonchev–Trinajstić information content (AvgIpc) is 2.41. The van der Waals surface area contributed by atoms with Crippen LogP contribution in [-0.2, 0) is 6.54 Å². The van der Waals surface area contributed by atoms with Crippen LogP contribution in [0.1, 0.15) is 11.1 Å². The molecule has 0 saturated heterocycles. The molecule has 0 atom stereocenters. The van der Waals surface area contributed by atoms with E-state index in [9.17, 15) is 0 Å². The summed E-state index contributed by atoms with van der Waals surface area (Å²) in [5.74, 6) is 0. The molecule has 1 aliphatic heterocycles. The minimum Gasteiger partial charge on any atom is -0.328 e. The molecule has 2 nitrogen and oxygen atoms in total. The molecule has 1 heterocycles. The highest BCUT2D eigenvalue weighted by molar-refractivity contribution is 9.10. The first-order valence-corrected chi connectivity index (χ1v) is 7.16. The van der Waals surface area contributed by atoms with Crippen molar-refractivity contribution in [2.24, 2.45) is 4.99 Å². The van der Waals surface area contributed by atoms with E-state index < -0.39 is 0 Å². The molecule has 0 unspecified atom stereocenters. The Bertz CT molecular complexity index is 667. The number of nitrogens with zero attached hydrogens (tertiary/aromatic N) is 2. The molecule has 0 aromatic heterocycles. The van der Waals surface area contributed by atoms with Crippen LogP contribution in [0.25, 0.3) is 0 Å². The number of halogens is 2. The average molecular weight is 336 g/mol. The van der Waals surface area contributed by atoms with Gasteiger partial charge >= 0.3 is 0 Å². The van der Waals surface area contributed by atoms with Crippen molar-refractivity contribution in [3.8, 4) is 0 Å². The highest BCUT2D eigenvalue weighted by Crippen LogP contribution is 2.32. The maximum Gasteiger partial charge on any atom is 0.0960 e. The largest absolute Gasteiger partial charge is 0.328 e. The third-order valence-corrected chi connectivity index (χ3v) is 4.36. The fourth-order valence-electron chi connectivity index (χ4n) is 2.22. The second kappa shape index (κ2) is 4.99. The Morgan fingerprint density at radius 2 is 2.11 bits per heavy atom. The van der Waals surface area contributed by atoms with E-state index in [1.54, 1.807) is 0 Å². The van der Waals surface area contributed by atoms with Gasteiger partial charge in [-0.05, 0) is 48.4 Å². The summed E-state index contributed by atoms with van der Waals surface area (Å²) >= 11 is 9.61. The van der Waals surface area contributed by atoms with Gasteiger partial charge in [-0.2, -0.15) is 0 Å². The van der Waals surface area contributed by atoms with Gasteiger partial charge in [0.25, 0.3) is 0 Å².